The van der Waals surface area contributed by atoms with Crippen molar-refractivity contribution in [3.8, 4) is 11.4 Å². The fraction of sp³-hybridized carbons (Fsp3) is 0.571. The predicted octanol–water partition coefficient (Wildman–Crippen LogP) is 3.92. The van der Waals surface area contributed by atoms with E-state index in [1.165, 1.54) is 0 Å². The summed E-state index contributed by atoms with van der Waals surface area (Å²) in [6.45, 7) is 8.83. The molecular formula is C21H29ClIN5O2. The lowest BCUT2D eigenvalue weighted by molar-refractivity contribution is -0.106. The maximum atomic E-state index is 5.93. The van der Waals surface area contributed by atoms with Gasteiger partial charge >= 0.3 is 0 Å². The molecule has 1 aliphatic heterocycles. The Labute approximate surface area is 199 Å². The summed E-state index contributed by atoms with van der Waals surface area (Å²) in [4.78, 5) is 9.17. The van der Waals surface area contributed by atoms with Gasteiger partial charge in [-0.05, 0) is 37.6 Å². The van der Waals surface area contributed by atoms with E-state index in [1.807, 2.05) is 24.3 Å². The Kier molecular flexibility index (Phi) is 7.62. The van der Waals surface area contributed by atoms with Crippen LogP contribution in [0.1, 0.15) is 33.1 Å². The van der Waals surface area contributed by atoms with Crippen molar-refractivity contribution in [3.63, 3.8) is 0 Å². The Hall–Kier alpha value is -1.39. The quantitative estimate of drug-likeness (QED) is 0.325. The van der Waals surface area contributed by atoms with Crippen molar-refractivity contribution in [1.29, 1.82) is 0 Å². The van der Waals surface area contributed by atoms with Crippen LogP contribution in [0.4, 0.5) is 0 Å². The number of aromatic nitrogens is 2. The average Bonchev–Trinajstić information content (AvgIpc) is 3.35. The summed E-state index contributed by atoms with van der Waals surface area (Å²) < 4.78 is 11.3. The van der Waals surface area contributed by atoms with Crippen LogP contribution >= 0.6 is 35.6 Å². The number of aliphatic imine (C=N–C) groups is 1. The van der Waals surface area contributed by atoms with E-state index in [2.05, 4.69) is 41.5 Å². The fourth-order valence-electron chi connectivity index (χ4n) is 4.42. The van der Waals surface area contributed by atoms with Crippen molar-refractivity contribution in [2.45, 2.75) is 45.8 Å². The lowest BCUT2D eigenvalue weighted by atomic mass is 9.57. The van der Waals surface area contributed by atoms with E-state index in [-0.39, 0.29) is 29.4 Å². The normalized spacial score (nSPS) is 24.5. The van der Waals surface area contributed by atoms with Gasteiger partial charge in [-0.2, -0.15) is 4.98 Å². The first kappa shape index (κ1) is 23.3. The van der Waals surface area contributed by atoms with Crippen molar-refractivity contribution in [1.82, 2.24) is 20.8 Å². The van der Waals surface area contributed by atoms with Gasteiger partial charge in [0.05, 0.1) is 12.6 Å². The fourth-order valence-corrected chi connectivity index (χ4v) is 4.55. The highest BCUT2D eigenvalue weighted by molar-refractivity contribution is 14.0. The third-order valence-electron chi connectivity index (χ3n) is 5.90. The lowest BCUT2D eigenvalue weighted by Gasteiger charge is -2.54. The Morgan fingerprint density at radius 2 is 2.07 bits per heavy atom. The highest BCUT2D eigenvalue weighted by Gasteiger charge is 2.59. The van der Waals surface area contributed by atoms with Gasteiger partial charge in [-0.15, -0.1) is 24.0 Å². The number of hydrogen-bond acceptors (Lipinski definition) is 5. The van der Waals surface area contributed by atoms with Crippen LogP contribution in [0.15, 0.2) is 33.8 Å². The monoisotopic (exact) mass is 545 g/mol. The Morgan fingerprint density at radius 3 is 2.80 bits per heavy atom. The lowest BCUT2D eigenvalue weighted by Crippen LogP contribution is -2.68. The number of rotatable bonds is 6. The maximum Gasteiger partial charge on any atom is 0.228 e. The van der Waals surface area contributed by atoms with Crippen molar-refractivity contribution >= 4 is 41.5 Å². The van der Waals surface area contributed by atoms with Crippen LogP contribution in [0.25, 0.3) is 11.4 Å². The number of hydrogen-bond donors (Lipinski definition) is 2. The molecular weight excluding hydrogens is 517 g/mol. The molecule has 164 valence electrons. The van der Waals surface area contributed by atoms with Gasteiger partial charge in [0.2, 0.25) is 11.7 Å². The van der Waals surface area contributed by atoms with Gasteiger partial charge in [0, 0.05) is 47.5 Å². The van der Waals surface area contributed by atoms with Crippen molar-refractivity contribution in [2.75, 3.05) is 19.7 Å². The molecule has 2 fully saturated rings. The van der Waals surface area contributed by atoms with Crippen molar-refractivity contribution in [3.05, 3.63) is 35.2 Å². The molecule has 0 bridgehead atoms. The molecule has 3 atom stereocenters. The molecule has 1 aliphatic carbocycles. The van der Waals surface area contributed by atoms with Crippen LogP contribution in [0.5, 0.6) is 0 Å². The molecule has 1 saturated carbocycles. The zero-order chi connectivity index (χ0) is 20.4. The molecule has 3 unspecified atom stereocenters. The second-order valence-corrected chi connectivity index (χ2v) is 8.65. The number of nitrogens with zero attached hydrogens (tertiary/aromatic N) is 3. The van der Waals surface area contributed by atoms with Crippen LogP contribution in [0.2, 0.25) is 5.02 Å². The number of guanidine groups is 1. The molecule has 1 saturated heterocycles. The molecule has 4 rings (SSSR count). The van der Waals surface area contributed by atoms with Gasteiger partial charge in [-0.3, -0.25) is 4.99 Å². The topological polar surface area (TPSA) is 84.6 Å². The van der Waals surface area contributed by atoms with Gasteiger partial charge in [0.25, 0.3) is 0 Å². The number of nitrogens with one attached hydrogen (secondary N) is 2. The molecule has 2 heterocycles. The van der Waals surface area contributed by atoms with Gasteiger partial charge in [-0.1, -0.05) is 30.6 Å². The van der Waals surface area contributed by atoms with Crippen LogP contribution in [-0.4, -0.2) is 47.9 Å². The smallest absolute Gasteiger partial charge is 0.228 e. The van der Waals surface area contributed by atoms with Crippen LogP contribution in [0, 0.1) is 11.3 Å². The summed E-state index contributed by atoms with van der Waals surface area (Å²) in [5, 5.41) is 11.7. The number of ether oxygens (including phenoxy) is 1. The number of fused-ring (bicyclic) bond motifs is 1. The second-order valence-electron chi connectivity index (χ2n) is 8.22. The van der Waals surface area contributed by atoms with Gasteiger partial charge in [-0.25, -0.2) is 0 Å². The summed E-state index contributed by atoms with van der Waals surface area (Å²) >= 11 is 5.93. The standard InChI is InChI=1S/C21H28ClN5O2.HI/c1-4-23-20(26-17-15-10-12-28-18(15)21(17,2)3)24-11-9-16-25-19(27-29-16)13-5-7-14(22)8-6-13;/h5-8,15,17-18H,4,9-12H2,1-3H3,(H2,23,24,26);1H. The van der Waals surface area contributed by atoms with Gasteiger partial charge in [0.1, 0.15) is 0 Å². The first-order valence-electron chi connectivity index (χ1n) is 10.2. The summed E-state index contributed by atoms with van der Waals surface area (Å²) in [7, 11) is 0. The van der Waals surface area contributed by atoms with E-state index in [1.54, 1.807) is 0 Å². The van der Waals surface area contributed by atoms with E-state index >= 15 is 0 Å². The molecule has 9 heteroatoms. The van der Waals surface area contributed by atoms with E-state index in [9.17, 15) is 0 Å². The largest absolute Gasteiger partial charge is 0.377 e. The maximum absolute atomic E-state index is 5.93. The van der Waals surface area contributed by atoms with E-state index < -0.39 is 0 Å². The second kappa shape index (κ2) is 9.82. The van der Waals surface area contributed by atoms with Crippen molar-refractivity contribution < 1.29 is 9.26 Å². The summed E-state index contributed by atoms with van der Waals surface area (Å²) in [6, 6.07) is 7.75. The molecule has 0 spiro atoms. The molecule has 1 aromatic carbocycles. The highest BCUT2D eigenvalue weighted by Crippen LogP contribution is 2.52. The summed E-state index contributed by atoms with van der Waals surface area (Å²) in [6.07, 6.45) is 2.05. The van der Waals surface area contributed by atoms with Crippen LogP contribution in [0.3, 0.4) is 0 Å². The third kappa shape index (κ3) is 4.75. The molecule has 30 heavy (non-hydrogen) atoms. The van der Waals surface area contributed by atoms with Gasteiger partial charge in [0.15, 0.2) is 5.96 Å². The zero-order valence-electron chi connectivity index (χ0n) is 17.5. The minimum absolute atomic E-state index is 0. The molecule has 1 aromatic heterocycles. The Morgan fingerprint density at radius 1 is 1.30 bits per heavy atom. The summed E-state index contributed by atoms with van der Waals surface area (Å²) in [5.74, 6) is 2.53. The number of halogens is 2. The van der Waals surface area contributed by atoms with Gasteiger partial charge < -0.3 is 19.9 Å². The SMILES string of the molecule is CCNC(=NCCc1nc(-c2ccc(Cl)cc2)no1)NC1C2CCOC2C1(C)C.I. The average molecular weight is 546 g/mol. The van der Waals surface area contributed by atoms with Crippen LogP contribution in [-0.2, 0) is 11.2 Å². The Balaban J connectivity index is 0.00000256. The molecule has 0 radical (unpaired) electrons. The van der Waals surface area contributed by atoms with Crippen molar-refractivity contribution in [2.24, 2.45) is 16.3 Å². The van der Waals surface area contributed by atoms with E-state index in [0.29, 0.717) is 47.8 Å². The number of benzene rings is 1. The highest BCUT2D eigenvalue weighted by atomic mass is 127. The Bertz CT molecular complexity index is 871. The molecule has 2 aromatic rings. The minimum atomic E-state index is 0. The summed E-state index contributed by atoms with van der Waals surface area (Å²) in [5.41, 5.74) is 0.987. The first-order valence-corrected chi connectivity index (χ1v) is 10.6. The molecule has 2 N–H and O–H groups in total. The van der Waals surface area contributed by atoms with Crippen LogP contribution < -0.4 is 10.6 Å². The molecule has 2 aliphatic rings. The first-order chi connectivity index (χ1) is 14.0. The van der Waals surface area contributed by atoms with E-state index in [0.717, 1.165) is 31.1 Å². The minimum Gasteiger partial charge on any atom is -0.377 e. The molecule has 7 nitrogen and oxygen atoms in total. The zero-order valence-corrected chi connectivity index (χ0v) is 20.6. The van der Waals surface area contributed by atoms with E-state index in [4.69, 9.17) is 25.9 Å². The third-order valence-corrected chi connectivity index (χ3v) is 6.15. The predicted molar refractivity (Wildman–Crippen MR) is 128 cm³/mol. The molecule has 0 amide bonds.